The van der Waals surface area contributed by atoms with E-state index < -0.39 is 11.9 Å². The van der Waals surface area contributed by atoms with Gasteiger partial charge in [0, 0.05) is 0 Å². The van der Waals surface area contributed by atoms with Crippen molar-refractivity contribution in [2.75, 3.05) is 0 Å². The van der Waals surface area contributed by atoms with E-state index in [2.05, 4.69) is 0 Å². The van der Waals surface area contributed by atoms with Crippen molar-refractivity contribution in [3.05, 3.63) is 82.9 Å². The van der Waals surface area contributed by atoms with Gasteiger partial charge in [-0.15, -0.1) is 0 Å². The minimum absolute atomic E-state index is 0.312. The van der Waals surface area contributed by atoms with E-state index in [0.717, 1.165) is 47.9 Å². The highest BCUT2D eigenvalue weighted by atomic mass is 16.4. The van der Waals surface area contributed by atoms with Gasteiger partial charge in [-0.25, -0.2) is 9.59 Å². The Hall–Kier alpha value is -3.40. The first-order chi connectivity index (χ1) is 14.5. The number of carbonyl (C=O) groups is 2. The lowest BCUT2D eigenvalue weighted by molar-refractivity contribution is 0.0686. The quantitative estimate of drug-likeness (QED) is 0.520. The molecule has 4 nitrogen and oxygen atoms in total. The molecule has 2 saturated carbocycles. The van der Waals surface area contributed by atoms with Gasteiger partial charge in [0.05, 0.1) is 11.1 Å². The number of carboxylic acids is 2. The molecule has 4 heteroatoms. The van der Waals surface area contributed by atoms with Crippen LogP contribution in [0, 0.1) is 0 Å². The first-order valence-electron chi connectivity index (χ1n) is 10.4. The van der Waals surface area contributed by atoms with Crippen LogP contribution in [0.1, 0.15) is 69.4 Å². The molecule has 5 rings (SSSR count). The van der Waals surface area contributed by atoms with Crippen LogP contribution in [0.25, 0.3) is 22.3 Å². The van der Waals surface area contributed by atoms with Crippen LogP contribution in [0.4, 0.5) is 0 Å². The predicted octanol–water partition coefficient (Wildman–Crippen LogP) is 6.17. The van der Waals surface area contributed by atoms with E-state index in [1.807, 2.05) is 48.5 Å². The molecule has 0 amide bonds. The molecule has 0 aliphatic heterocycles. The Labute approximate surface area is 174 Å². The summed E-state index contributed by atoms with van der Waals surface area (Å²) in [6.07, 6.45) is 4.49. The fourth-order valence-corrected chi connectivity index (χ4v) is 4.15. The zero-order valence-corrected chi connectivity index (χ0v) is 16.5. The molecule has 0 aromatic heterocycles. The van der Waals surface area contributed by atoms with Gasteiger partial charge in [-0.3, -0.25) is 0 Å². The summed E-state index contributed by atoms with van der Waals surface area (Å²) >= 11 is 0. The molecule has 0 radical (unpaired) electrons. The van der Waals surface area contributed by atoms with E-state index in [1.54, 1.807) is 12.1 Å². The van der Waals surface area contributed by atoms with Crippen LogP contribution >= 0.6 is 0 Å². The second-order valence-corrected chi connectivity index (χ2v) is 8.35. The molecular formula is C26H22O4. The molecule has 2 N–H and O–H groups in total. The number of aromatic carboxylic acids is 2. The van der Waals surface area contributed by atoms with E-state index in [-0.39, 0.29) is 0 Å². The lowest BCUT2D eigenvalue weighted by Gasteiger charge is -2.12. The van der Waals surface area contributed by atoms with Gasteiger partial charge in [0.2, 0.25) is 0 Å². The molecule has 2 fully saturated rings. The normalized spacial score (nSPS) is 15.7. The first kappa shape index (κ1) is 18.6. The predicted molar refractivity (Wildman–Crippen MR) is 115 cm³/mol. The summed E-state index contributed by atoms with van der Waals surface area (Å²) in [5.74, 6) is -0.874. The van der Waals surface area contributed by atoms with Crippen molar-refractivity contribution in [2.45, 2.75) is 37.5 Å². The zero-order chi connectivity index (χ0) is 20.8. The lowest BCUT2D eigenvalue weighted by Crippen LogP contribution is -2.02. The second kappa shape index (κ2) is 7.13. The van der Waals surface area contributed by atoms with Gasteiger partial charge in [-0.05, 0) is 83.0 Å². The van der Waals surface area contributed by atoms with Crippen LogP contribution in [-0.4, -0.2) is 22.2 Å². The Morgan fingerprint density at radius 2 is 0.967 bits per heavy atom. The fourth-order valence-electron chi connectivity index (χ4n) is 4.15. The summed E-state index contributed by atoms with van der Waals surface area (Å²) in [4.78, 5) is 23.7. The molecule has 2 aliphatic rings. The Morgan fingerprint density at radius 3 is 1.27 bits per heavy atom. The molecule has 3 aromatic carbocycles. The number of hydrogen-bond acceptors (Lipinski definition) is 2. The van der Waals surface area contributed by atoms with Gasteiger partial charge >= 0.3 is 11.9 Å². The van der Waals surface area contributed by atoms with Crippen LogP contribution in [0.15, 0.2) is 60.7 Å². The third-order valence-electron chi connectivity index (χ3n) is 6.15. The van der Waals surface area contributed by atoms with Gasteiger partial charge in [0.1, 0.15) is 0 Å². The SMILES string of the molecule is O=C(O)c1cc(C2CC2)ccc1-c1ccc(-c2ccc(C3CC3)cc2C(=O)O)cc1. The number of carboxylic acid groups (broad SMARTS) is 2. The zero-order valence-electron chi connectivity index (χ0n) is 16.5. The van der Waals surface area contributed by atoms with Crippen LogP contribution in [0.5, 0.6) is 0 Å². The molecular weight excluding hydrogens is 376 g/mol. The minimum atomic E-state index is -0.930. The maximum Gasteiger partial charge on any atom is 0.336 e. The smallest absolute Gasteiger partial charge is 0.336 e. The summed E-state index contributed by atoms with van der Waals surface area (Å²) in [6.45, 7) is 0. The summed E-state index contributed by atoms with van der Waals surface area (Å²) in [5.41, 5.74) is 5.79. The summed E-state index contributed by atoms with van der Waals surface area (Å²) in [7, 11) is 0. The van der Waals surface area contributed by atoms with Gasteiger partial charge in [0.15, 0.2) is 0 Å². The molecule has 3 aromatic rings. The van der Waals surface area contributed by atoms with E-state index in [0.29, 0.717) is 34.1 Å². The van der Waals surface area contributed by atoms with Crippen molar-refractivity contribution in [1.29, 1.82) is 0 Å². The molecule has 30 heavy (non-hydrogen) atoms. The highest BCUT2D eigenvalue weighted by molar-refractivity contribution is 5.98. The van der Waals surface area contributed by atoms with Crippen LogP contribution in [-0.2, 0) is 0 Å². The number of hydrogen-bond donors (Lipinski definition) is 2. The van der Waals surface area contributed by atoms with Gasteiger partial charge < -0.3 is 10.2 Å². The van der Waals surface area contributed by atoms with E-state index in [9.17, 15) is 19.8 Å². The van der Waals surface area contributed by atoms with Crippen molar-refractivity contribution in [3.8, 4) is 22.3 Å². The highest BCUT2D eigenvalue weighted by Crippen LogP contribution is 2.42. The van der Waals surface area contributed by atoms with Crippen molar-refractivity contribution in [2.24, 2.45) is 0 Å². The first-order valence-corrected chi connectivity index (χ1v) is 10.4. The Morgan fingerprint density at radius 1 is 0.600 bits per heavy atom. The number of rotatable bonds is 6. The van der Waals surface area contributed by atoms with Crippen molar-refractivity contribution < 1.29 is 19.8 Å². The average molecular weight is 398 g/mol. The Balaban J connectivity index is 1.51. The third-order valence-corrected chi connectivity index (χ3v) is 6.15. The second-order valence-electron chi connectivity index (χ2n) is 8.35. The topological polar surface area (TPSA) is 74.6 Å². The minimum Gasteiger partial charge on any atom is -0.478 e. The van der Waals surface area contributed by atoms with Crippen molar-refractivity contribution in [1.82, 2.24) is 0 Å². The molecule has 150 valence electrons. The summed E-state index contributed by atoms with van der Waals surface area (Å²) in [6, 6.07) is 18.9. The monoisotopic (exact) mass is 398 g/mol. The molecule has 0 saturated heterocycles. The summed E-state index contributed by atoms with van der Waals surface area (Å²) in [5, 5.41) is 19.4. The Bertz CT molecular complexity index is 1060. The molecule has 0 atom stereocenters. The van der Waals surface area contributed by atoms with Crippen LogP contribution in [0.3, 0.4) is 0 Å². The fraction of sp³-hybridized carbons (Fsp3) is 0.231. The van der Waals surface area contributed by atoms with Crippen molar-refractivity contribution >= 4 is 11.9 Å². The molecule has 0 heterocycles. The standard InChI is InChI=1S/C26H22O4/c27-25(28)23-13-19(15-1-2-15)9-11-21(23)17-5-7-18(8-6-17)22-12-10-20(16-3-4-16)14-24(22)26(29)30/h5-16H,1-4H2,(H,27,28)(H,29,30). The maximum absolute atomic E-state index is 11.8. The lowest BCUT2D eigenvalue weighted by atomic mass is 9.92. The largest absolute Gasteiger partial charge is 0.478 e. The molecule has 0 spiro atoms. The van der Waals surface area contributed by atoms with E-state index in [4.69, 9.17) is 0 Å². The Kier molecular flexibility index (Phi) is 4.43. The van der Waals surface area contributed by atoms with Gasteiger partial charge in [-0.2, -0.15) is 0 Å². The van der Waals surface area contributed by atoms with Gasteiger partial charge in [0.25, 0.3) is 0 Å². The average Bonchev–Trinajstić information content (AvgIpc) is 3.65. The van der Waals surface area contributed by atoms with E-state index >= 15 is 0 Å². The van der Waals surface area contributed by atoms with Crippen LogP contribution < -0.4 is 0 Å². The van der Waals surface area contributed by atoms with Crippen molar-refractivity contribution in [3.63, 3.8) is 0 Å². The highest BCUT2D eigenvalue weighted by Gasteiger charge is 2.26. The number of benzene rings is 3. The van der Waals surface area contributed by atoms with Gasteiger partial charge in [-0.1, -0.05) is 48.5 Å². The molecule has 0 unspecified atom stereocenters. The molecule has 0 bridgehead atoms. The van der Waals surface area contributed by atoms with E-state index in [1.165, 1.54) is 0 Å². The third kappa shape index (κ3) is 3.50. The van der Waals surface area contributed by atoms with Crippen LogP contribution in [0.2, 0.25) is 0 Å². The molecule has 2 aliphatic carbocycles. The summed E-state index contributed by atoms with van der Waals surface area (Å²) < 4.78 is 0. The maximum atomic E-state index is 11.8.